The zero-order chi connectivity index (χ0) is 16.4. The molecule has 0 aromatic carbocycles. The van der Waals surface area contributed by atoms with Crippen LogP contribution in [-0.4, -0.2) is 36.1 Å². The third-order valence-electron chi connectivity index (χ3n) is 4.60. The van der Waals surface area contributed by atoms with Crippen molar-refractivity contribution in [1.82, 2.24) is 0 Å². The molecular weight excluding hydrogens is 264 g/mol. The van der Waals surface area contributed by atoms with E-state index in [0.717, 1.165) is 44.9 Å². The van der Waals surface area contributed by atoms with Crippen molar-refractivity contribution in [3.05, 3.63) is 0 Å². The SMILES string of the molecule is COC(C)(C)CCCCC(CO)CCCCC(C)(C)CO. The minimum atomic E-state index is -0.0232. The van der Waals surface area contributed by atoms with Gasteiger partial charge in [-0.05, 0) is 50.9 Å². The maximum atomic E-state index is 9.47. The molecule has 0 rings (SSSR count). The molecular formula is C18H38O3. The Morgan fingerprint density at radius 2 is 1.38 bits per heavy atom. The Hall–Kier alpha value is -0.120. The Bertz CT molecular complexity index is 225. The minimum Gasteiger partial charge on any atom is -0.396 e. The fourth-order valence-electron chi connectivity index (χ4n) is 2.53. The van der Waals surface area contributed by atoms with Crippen LogP contribution in [0.15, 0.2) is 0 Å². The Morgan fingerprint density at radius 1 is 0.857 bits per heavy atom. The van der Waals surface area contributed by atoms with Gasteiger partial charge in [0.25, 0.3) is 0 Å². The smallest absolute Gasteiger partial charge is 0.0622 e. The lowest BCUT2D eigenvalue weighted by Crippen LogP contribution is -2.22. The van der Waals surface area contributed by atoms with Gasteiger partial charge in [0.05, 0.1) is 5.60 Å². The summed E-state index contributed by atoms with van der Waals surface area (Å²) >= 11 is 0. The molecule has 0 aliphatic carbocycles. The average molecular weight is 302 g/mol. The van der Waals surface area contributed by atoms with Gasteiger partial charge in [0.15, 0.2) is 0 Å². The Kier molecular flexibility index (Phi) is 10.5. The molecule has 3 heteroatoms. The van der Waals surface area contributed by atoms with Crippen molar-refractivity contribution in [1.29, 1.82) is 0 Å². The summed E-state index contributed by atoms with van der Waals surface area (Å²) in [7, 11) is 1.77. The van der Waals surface area contributed by atoms with E-state index in [-0.39, 0.29) is 17.6 Å². The highest BCUT2D eigenvalue weighted by Gasteiger charge is 2.17. The molecule has 0 aliphatic heterocycles. The van der Waals surface area contributed by atoms with E-state index in [9.17, 15) is 10.2 Å². The van der Waals surface area contributed by atoms with Crippen molar-refractivity contribution >= 4 is 0 Å². The molecule has 0 aromatic rings. The van der Waals surface area contributed by atoms with Crippen LogP contribution in [0.2, 0.25) is 0 Å². The summed E-state index contributed by atoms with van der Waals surface area (Å²) in [6, 6.07) is 0. The van der Waals surface area contributed by atoms with Gasteiger partial charge in [-0.3, -0.25) is 0 Å². The summed E-state index contributed by atoms with van der Waals surface area (Å²) in [6.45, 7) is 9.02. The lowest BCUT2D eigenvalue weighted by Gasteiger charge is -2.23. The van der Waals surface area contributed by atoms with Crippen LogP contribution < -0.4 is 0 Å². The van der Waals surface area contributed by atoms with Crippen molar-refractivity contribution in [3.8, 4) is 0 Å². The van der Waals surface area contributed by atoms with E-state index in [2.05, 4.69) is 27.7 Å². The van der Waals surface area contributed by atoms with E-state index in [0.29, 0.717) is 12.5 Å². The van der Waals surface area contributed by atoms with E-state index in [1.807, 2.05) is 0 Å². The highest BCUT2D eigenvalue weighted by molar-refractivity contribution is 4.69. The number of rotatable bonds is 13. The van der Waals surface area contributed by atoms with Gasteiger partial charge in [0, 0.05) is 20.3 Å². The third-order valence-corrected chi connectivity index (χ3v) is 4.60. The number of methoxy groups -OCH3 is 1. The minimum absolute atomic E-state index is 0.0232. The molecule has 0 aliphatic rings. The van der Waals surface area contributed by atoms with E-state index in [4.69, 9.17) is 4.74 Å². The van der Waals surface area contributed by atoms with Crippen molar-refractivity contribution < 1.29 is 14.9 Å². The number of hydrogen-bond acceptors (Lipinski definition) is 3. The second-order valence-corrected chi connectivity index (χ2v) is 7.83. The van der Waals surface area contributed by atoms with Crippen LogP contribution in [0.1, 0.15) is 79.1 Å². The van der Waals surface area contributed by atoms with E-state index < -0.39 is 0 Å². The molecule has 0 bridgehead atoms. The molecule has 0 saturated carbocycles. The first kappa shape index (κ1) is 20.9. The summed E-state index contributed by atoms with van der Waals surface area (Å²) in [5.74, 6) is 0.438. The number of hydrogen-bond donors (Lipinski definition) is 2. The number of ether oxygens (including phenoxy) is 1. The van der Waals surface area contributed by atoms with Crippen LogP contribution in [0.5, 0.6) is 0 Å². The topological polar surface area (TPSA) is 49.7 Å². The molecule has 0 aromatic heterocycles. The van der Waals surface area contributed by atoms with Gasteiger partial charge in [-0.1, -0.05) is 39.5 Å². The fourth-order valence-corrected chi connectivity index (χ4v) is 2.53. The van der Waals surface area contributed by atoms with Gasteiger partial charge in [-0.15, -0.1) is 0 Å². The van der Waals surface area contributed by atoms with E-state index >= 15 is 0 Å². The molecule has 2 N–H and O–H groups in total. The molecule has 0 amide bonds. The molecule has 0 radical (unpaired) electrons. The first-order valence-electron chi connectivity index (χ1n) is 8.53. The van der Waals surface area contributed by atoms with Gasteiger partial charge in [-0.25, -0.2) is 0 Å². The van der Waals surface area contributed by atoms with Crippen LogP contribution in [0, 0.1) is 11.3 Å². The predicted octanol–water partition coefficient (Wildman–Crippen LogP) is 4.16. The van der Waals surface area contributed by atoms with Crippen LogP contribution in [0.4, 0.5) is 0 Å². The van der Waals surface area contributed by atoms with Crippen LogP contribution in [-0.2, 0) is 4.74 Å². The molecule has 21 heavy (non-hydrogen) atoms. The average Bonchev–Trinajstić information content (AvgIpc) is 2.45. The number of aliphatic hydroxyl groups excluding tert-OH is 2. The lowest BCUT2D eigenvalue weighted by atomic mass is 9.86. The number of unbranched alkanes of at least 4 members (excludes halogenated alkanes) is 2. The predicted molar refractivity (Wildman–Crippen MR) is 89.5 cm³/mol. The van der Waals surface area contributed by atoms with E-state index in [1.165, 1.54) is 6.42 Å². The van der Waals surface area contributed by atoms with Gasteiger partial charge in [0.1, 0.15) is 0 Å². The zero-order valence-corrected chi connectivity index (χ0v) is 15.0. The molecule has 1 unspecified atom stereocenters. The van der Waals surface area contributed by atoms with Crippen molar-refractivity contribution in [2.45, 2.75) is 84.7 Å². The Labute approximate surface area is 132 Å². The molecule has 3 nitrogen and oxygen atoms in total. The molecule has 0 saturated heterocycles. The van der Waals surface area contributed by atoms with Crippen molar-refractivity contribution in [3.63, 3.8) is 0 Å². The summed E-state index contributed by atoms with van der Waals surface area (Å²) < 4.78 is 5.42. The molecule has 0 heterocycles. The highest BCUT2D eigenvalue weighted by atomic mass is 16.5. The monoisotopic (exact) mass is 302 g/mol. The van der Waals surface area contributed by atoms with Crippen LogP contribution in [0.25, 0.3) is 0 Å². The normalized spacial score (nSPS) is 14.4. The lowest BCUT2D eigenvalue weighted by molar-refractivity contribution is 0.0130. The second kappa shape index (κ2) is 10.6. The van der Waals surface area contributed by atoms with Crippen molar-refractivity contribution in [2.24, 2.45) is 11.3 Å². The van der Waals surface area contributed by atoms with Gasteiger partial charge in [-0.2, -0.15) is 0 Å². The van der Waals surface area contributed by atoms with Crippen molar-refractivity contribution in [2.75, 3.05) is 20.3 Å². The first-order valence-corrected chi connectivity index (χ1v) is 8.53. The van der Waals surface area contributed by atoms with Crippen LogP contribution >= 0.6 is 0 Å². The summed E-state index contributed by atoms with van der Waals surface area (Å²) in [5.41, 5.74) is 0.0189. The molecule has 1 atom stereocenters. The second-order valence-electron chi connectivity index (χ2n) is 7.83. The Balaban J connectivity index is 3.72. The largest absolute Gasteiger partial charge is 0.396 e. The third kappa shape index (κ3) is 11.1. The number of aliphatic hydroxyl groups is 2. The molecule has 128 valence electrons. The van der Waals surface area contributed by atoms with Crippen LogP contribution in [0.3, 0.4) is 0 Å². The summed E-state index contributed by atoms with van der Waals surface area (Å²) in [5, 5.41) is 18.7. The van der Waals surface area contributed by atoms with Gasteiger partial charge in [0.2, 0.25) is 0 Å². The maximum Gasteiger partial charge on any atom is 0.0622 e. The summed E-state index contributed by atoms with van der Waals surface area (Å²) in [4.78, 5) is 0. The summed E-state index contributed by atoms with van der Waals surface area (Å²) in [6.07, 6.45) is 8.97. The quantitative estimate of drug-likeness (QED) is 0.502. The molecule has 0 fully saturated rings. The van der Waals surface area contributed by atoms with Gasteiger partial charge >= 0.3 is 0 Å². The highest BCUT2D eigenvalue weighted by Crippen LogP contribution is 2.25. The standard InChI is InChI=1S/C18H38O3/c1-17(2,15-20)12-8-6-10-16(14-19)11-7-9-13-18(3,4)21-5/h16,19-20H,6-15H2,1-5H3. The molecule has 0 spiro atoms. The first-order chi connectivity index (χ1) is 9.76. The zero-order valence-electron chi connectivity index (χ0n) is 15.0. The fraction of sp³-hybridized carbons (Fsp3) is 1.00. The Morgan fingerprint density at radius 3 is 1.81 bits per heavy atom. The maximum absolute atomic E-state index is 9.47. The van der Waals surface area contributed by atoms with E-state index in [1.54, 1.807) is 7.11 Å². The van der Waals surface area contributed by atoms with Gasteiger partial charge < -0.3 is 14.9 Å².